The SMILES string of the molecule is Cc1c(COc2cc(OCc3cncc(C#N)c3)c(CN[C@@H](CO)C(=O)O)cc2Cl)cccc1-c1cccc(OCCCN2CC[C@H](O)C2)c1C(F)(F)F. The van der Waals surface area contributed by atoms with Gasteiger partial charge in [0.05, 0.1) is 29.9 Å². The predicted molar refractivity (Wildman–Crippen MR) is 193 cm³/mol. The fourth-order valence-electron chi connectivity index (χ4n) is 6.15. The summed E-state index contributed by atoms with van der Waals surface area (Å²) in [7, 11) is 0. The second-order valence-electron chi connectivity index (χ2n) is 12.8. The number of carboxylic acid groups (broad SMARTS) is 1. The van der Waals surface area contributed by atoms with Crippen molar-refractivity contribution < 1.29 is 47.5 Å². The van der Waals surface area contributed by atoms with Gasteiger partial charge in [0.25, 0.3) is 0 Å². The van der Waals surface area contributed by atoms with Crippen LogP contribution in [0, 0.1) is 18.3 Å². The Labute approximate surface area is 315 Å². The third kappa shape index (κ3) is 10.4. The van der Waals surface area contributed by atoms with Crippen molar-refractivity contribution in [2.45, 2.75) is 57.8 Å². The molecule has 1 aromatic heterocycles. The van der Waals surface area contributed by atoms with Crippen molar-refractivity contribution in [3.63, 3.8) is 0 Å². The molecule has 3 aromatic carbocycles. The highest BCUT2D eigenvalue weighted by Crippen LogP contribution is 2.44. The first-order chi connectivity index (χ1) is 25.9. The molecule has 1 aliphatic heterocycles. The van der Waals surface area contributed by atoms with E-state index in [4.69, 9.17) is 25.8 Å². The molecule has 0 amide bonds. The van der Waals surface area contributed by atoms with E-state index >= 15 is 0 Å². The number of aromatic nitrogens is 1. The third-order valence-electron chi connectivity index (χ3n) is 9.01. The number of aliphatic carboxylic acids is 1. The summed E-state index contributed by atoms with van der Waals surface area (Å²) >= 11 is 6.61. The number of carbonyl (C=O) groups is 1. The highest BCUT2D eigenvalue weighted by Gasteiger charge is 2.38. The molecule has 1 fully saturated rings. The van der Waals surface area contributed by atoms with Crippen LogP contribution in [0.5, 0.6) is 17.2 Å². The fourth-order valence-corrected chi connectivity index (χ4v) is 6.39. The van der Waals surface area contributed by atoms with Gasteiger partial charge >= 0.3 is 12.1 Å². The zero-order valence-corrected chi connectivity index (χ0v) is 30.2. The number of alkyl halides is 3. The number of hydrogen-bond donors (Lipinski definition) is 4. The van der Waals surface area contributed by atoms with Crippen LogP contribution < -0.4 is 19.5 Å². The number of β-amino-alcohol motifs (C(OH)–C–C–N with tert-alkyl or cyclic N) is 1. The van der Waals surface area contributed by atoms with Crippen molar-refractivity contribution in [1.29, 1.82) is 5.26 Å². The summed E-state index contributed by atoms with van der Waals surface area (Å²) < 4.78 is 61.8. The summed E-state index contributed by atoms with van der Waals surface area (Å²) in [5, 5.41) is 40.7. The summed E-state index contributed by atoms with van der Waals surface area (Å²) in [5.41, 5.74) is 1.95. The van der Waals surface area contributed by atoms with Gasteiger partial charge in [-0.05, 0) is 60.2 Å². The lowest BCUT2D eigenvalue weighted by molar-refractivity contribution is -0.140. The van der Waals surface area contributed by atoms with E-state index in [9.17, 15) is 38.5 Å². The molecule has 0 spiro atoms. The van der Waals surface area contributed by atoms with Crippen molar-refractivity contribution >= 4 is 17.6 Å². The second kappa shape index (κ2) is 18.4. The quantitative estimate of drug-likeness (QED) is 0.0917. The Morgan fingerprint density at radius 1 is 1.06 bits per heavy atom. The summed E-state index contributed by atoms with van der Waals surface area (Å²) in [6, 6.07) is 14.7. The van der Waals surface area contributed by atoms with Gasteiger partial charge in [-0.2, -0.15) is 18.4 Å². The average molecular weight is 769 g/mol. The smallest absolute Gasteiger partial charge is 0.420 e. The minimum absolute atomic E-state index is 0.00694. The minimum Gasteiger partial charge on any atom is -0.493 e. The number of nitrogens with zero attached hydrogens (tertiary/aromatic N) is 3. The number of ether oxygens (including phenoxy) is 3. The number of halogens is 4. The van der Waals surface area contributed by atoms with Crippen molar-refractivity contribution in [3.05, 3.63) is 105 Å². The van der Waals surface area contributed by atoms with E-state index in [1.54, 1.807) is 31.2 Å². The maximum atomic E-state index is 14.6. The molecule has 2 atom stereocenters. The first-order valence-corrected chi connectivity index (χ1v) is 17.6. The van der Waals surface area contributed by atoms with Crippen molar-refractivity contribution in [3.8, 4) is 34.4 Å². The van der Waals surface area contributed by atoms with Gasteiger partial charge in [-0.25, -0.2) is 0 Å². The van der Waals surface area contributed by atoms with E-state index in [2.05, 4.69) is 15.2 Å². The fraction of sp³-hybridized carbons (Fsp3) is 0.359. The van der Waals surface area contributed by atoms with Gasteiger partial charge in [-0.15, -0.1) is 0 Å². The molecule has 1 aliphatic rings. The number of aliphatic hydroxyl groups is 2. The number of aliphatic hydroxyl groups excluding tert-OH is 2. The number of likely N-dealkylation sites (tertiary alicyclic amines) is 1. The van der Waals surface area contributed by atoms with E-state index in [0.717, 1.165) is 6.54 Å². The highest BCUT2D eigenvalue weighted by atomic mass is 35.5. The molecule has 1 saturated heterocycles. The largest absolute Gasteiger partial charge is 0.493 e. The Morgan fingerprint density at radius 3 is 2.52 bits per heavy atom. The third-order valence-corrected chi connectivity index (χ3v) is 9.30. The van der Waals surface area contributed by atoms with Crippen LogP contribution in [0.25, 0.3) is 11.1 Å². The van der Waals surface area contributed by atoms with Crippen LogP contribution in [0.15, 0.2) is 67.0 Å². The summed E-state index contributed by atoms with van der Waals surface area (Å²) in [4.78, 5) is 17.6. The molecule has 4 N–H and O–H groups in total. The Kier molecular flexibility index (Phi) is 13.7. The van der Waals surface area contributed by atoms with E-state index < -0.39 is 30.4 Å². The lowest BCUT2D eigenvalue weighted by Gasteiger charge is -2.21. The molecular weight excluding hydrogens is 729 g/mol. The summed E-state index contributed by atoms with van der Waals surface area (Å²) in [6.45, 7) is 2.91. The van der Waals surface area contributed by atoms with Gasteiger partial charge in [0.15, 0.2) is 0 Å². The first-order valence-electron chi connectivity index (χ1n) is 17.2. The molecule has 0 bridgehead atoms. The van der Waals surface area contributed by atoms with Crippen LogP contribution in [-0.2, 0) is 30.7 Å². The minimum atomic E-state index is -4.71. The number of nitrogens with one attached hydrogen (secondary N) is 1. The van der Waals surface area contributed by atoms with Gasteiger partial charge in [0, 0.05) is 55.8 Å². The number of benzene rings is 3. The maximum Gasteiger partial charge on any atom is 0.420 e. The van der Waals surface area contributed by atoms with Gasteiger partial charge in [0.1, 0.15) is 48.1 Å². The molecule has 0 radical (unpaired) electrons. The lowest BCUT2D eigenvalue weighted by atomic mass is 9.92. The zero-order chi connectivity index (χ0) is 38.8. The van der Waals surface area contributed by atoms with E-state index in [1.165, 1.54) is 42.7 Å². The van der Waals surface area contributed by atoms with Crippen molar-refractivity contribution in [1.82, 2.24) is 15.2 Å². The van der Waals surface area contributed by atoms with Crippen LogP contribution in [0.1, 0.15) is 46.2 Å². The molecule has 54 heavy (non-hydrogen) atoms. The second-order valence-corrected chi connectivity index (χ2v) is 13.2. The Bertz CT molecular complexity index is 1970. The van der Waals surface area contributed by atoms with Crippen LogP contribution in [0.3, 0.4) is 0 Å². The molecule has 2 heterocycles. The predicted octanol–water partition coefficient (Wildman–Crippen LogP) is 6.13. The van der Waals surface area contributed by atoms with Gasteiger partial charge in [0.2, 0.25) is 0 Å². The summed E-state index contributed by atoms with van der Waals surface area (Å²) in [6.07, 6.45) is -0.968. The molecule has 5 rings (SSSR count). The number of hydrogen-bond acceptors (Lipinski definition) is 10. The standard InChI is InChI=1S/C39H40ClF3N4O7/c1-24-27(5-2-6-30(24)31-7-3-8-34(37(31)39(41,42)43)52-12-4-10-47-11-9-29(49)20-47)23-54-36-15-35(53-22-26-13-25(16-44)17-45-18-26)28(14-32(36)40)19-46-33(21-48)38(50)51/h2-3,5-8,13-15,17-18,29,33,46,48-49H,4,9-12,19-23H2,1H3,(H,50,51)/t29-,33-/m0/s1. The van der Waals surface area contributed by atoms with Gasteiger partial charge < -0.3 is 34.4 Å². The van der Waals surface area contributed by atoms with Crippen LogP contribution in [-0.4, -0.2) is 76.2 Å². The molecule has 11 nitrogen and oxygen atoms in total. The number of pyridine rings is 1. The Morgan fingerprint density at radius 2 is 1.81 bits per heavy atom. The lowest BCUT2D eigenvalue weighted by Crippen LogP contribution is -2.39. The number of carboxylic acids is 1. The van der Waals surface area contributed by atoms with Crippen molar-refractivity contribution in [2.75, 3.05) is 32.8 Å². The zero-order valence-electron chi connectivity index (χ0n) is 29.4. The molecule has 4 aromatic rings. The number of nitriles is 1. The Balaban J connectivity index is 1.37. The summed E-state index contributed by atoms with van der Waals surface area (Å²) in [5.74, 6) is -1.06. The molecule has 0 aliphatic carbocycles. The highest BCUT2D eigenvalue weighted by molar-refractivity contribution is 6.32. The maximum absolute atomic E-state index is 14.6. The molecule has 0 saturated carbocycles. The van der Waals surface area contributed by atoms with Crippen molar-refractivity contribution in [2.24, 2.45) is 0 Å². The monoisotopic (exact) mass is 768 g/mol. The first kappa shape index (κ1) is 40.3. The Hall–Kier alpha value is -4.91. The van der Waals surface area contributed by atoms with Crippen LogP contribution in [0.4, 0.5) is 13.2 Å². The van der Waals surface area contributed by atoms with Crippen LogP contribution in [0.2, 0.25) is 5.02 Å². The van der Waals surface area contributed by atoms with Gasteiger partial charge in [-0.3, -0.25) is 15.1 Å². The van der Waals surface area contributed by atoms with E-state index in [1.807, 2.05) is 6.07 Å². The molecular formula is C39H40ClF3N4O7. The van der Waals surface area contributed by atoms with Gasteiger partial charge in [-0.1, -0.05) is 41.9 Å². The van der Waals surface area contributed by atoms with E-state index in [-0.39, 0.29) is 60.3 Å². The topological polar surface area (TPSA) is 157 Å². The molecule has 15 heteroatoms. The molecule has 0 unspecified atom stereocenters. The normalized spacial score (nSPS) is 15.1. The molecule has 286 valence electrons. The van der Waals surface area contributed by atoms with Crippen LogP contribution >= 0.6 is 11.6 Å². The van der Waals surface area contributed by atoms with E-state index in [0.29, 0.717) is 59.3 Å². The number of rotatable bonds is 17. The average Bonchev–Trinajstić information content (AvgIpc) is 3.57.